The molecular formula is C22H31BrN2O5S. The van der Waals surface area contributed by atoms with E-state index in [1.54, 1.807) is 36.1 Å². The minimum absolute atomic E-state index is 0.160. The normalized spacial score (nSPS) is 18.9. The first kappa shape index (κ1) is 24.2. The van der Waals surface area contributed by atoms with E-state index >= 15 is 0 Å². The molecule has 1 saturated carbocycles. The summed E-state index contributed by atoms with van der Waals surface area (Å²) in [5.41, 5.74) is 0. The quantitative estimate of drug-likeness (QED) is 0.519. The third-order valence-electron chi connectivity index (χ3n) is 6.16. The maximum atomic E-state index is 13.5. The van der Waals surface area contributed by atoms with Crippen molar-refractivity contribution in [2.24, 2.45) is 5.92 Å². The number of hydrogen-bond acceptors (Lipinski definition) is 5. The fraction of sp³-hybridized carbons (Fsp3) is 0.636. The van der Waals surface area contributed by atoms with Crippen molar-refractivity contribution in [3.05, 3.63) is 28.7 Å². The molecule has 3 rings (SSSR count). The predicted molar refractivity (Wildman–Crippen MR) is 121 cm³/mol. The van der Waals surface area contributed by atoms with Crippen molar-refractivity contribution < 1.29 is 22.7 Å². The average molecular weight is 515 g/mol. The Labute approximate surface area is 193 Å². The van der Waals surface area contributed by atoms with Crippen LogP contribution in [-0.2, 0) is 24.3 Å². The van der Waals surface area contributed by atoms with E-state index in [-0.39, 0.29) is 35.3 Å². The Morgan fingerprint density at radius 3 is 2.26 bits per heavy atom. The van der Waals surface area contributed by atoms with Gasteiger partial charge in [-0.1, -0.05) is 35.2 Å². The highest BCUT2D eigenvalue weighted by molar-refractivity contribution is 9.10. The van der Waals surface area contributed by atoms with Crippen LogP contribution < -0.4 is 0 Å². The van der Waals surface area contributed by atoms with E-state index < -0.39 is 10.0 Å². The minimum atomic E-state index is -3.79. The van der Waals surface area contributed by atoms with Gasteiger partial charge in [0.05, 0.1) is 24.0 Å². The summed E-state index contributed by atoms with van der Waals surface area (Å²) in [6, 6.07) is 6.39. The third kappa shape index (κ3) is 6.08. The van der Waals surface area contributed by atoms with Gasteiger partial charge in [-0.2, -0.15) is 4.31 Å². The molecule has 0 aromatic heterocycles. The van der Waals surface area contributed by atoms with Crippen LogP contribution >= 0.6 is 15.9 Å². The molecule has 1 aromatic rings. The number of hydrogen-bond donors (Lipinski definition) is 0. The lowest BCUT2D eigenvalue weighted by Gasteiger charge is -2.36. The van der Waals surface area contributed by atoms with Gasteiger partial charge in [-0.25, -0.2) is 8.42 Å². The molecule has 31 heavy (non-hydrogen) atoms. The molecular weight excluding hydrogens is 484 g/mol. The number of carbonyl (C=O) groups is 2. The molecule has 172 valence electrons. The zero-order valence-electron chi connectivity index (χ0n) is 18.0. The fourth-order valence-corrected chi connectivity index (χ4v) is 6.28. The summed E-state index contributed by atoms with van der Waals surface area (Å²) < 4.78 is 34.2. The predicted octanol–water partition coefficient (Wildman–Crippen LogP) is 3.57. The van der Waals surface area contributed by atoms with Gasteiger partial charge < -0.3 is 9.64 Å². The summed E-state index contributed by atoms with van der Waals surface area (Å²) in [6.07, 6.45) is 5.67. The topological polar surface area (TPSA) is 84.0 Å². The standard InChI is InChI=1S/C22H31BrN2O5S/c1-2-30-22(27)17-12-14-24(15-13-17)21(26)16-25(19-6-4-3-5-7-19)31(28,29)20-10-8-18(23)9-11-20/h8-11,17,19H,2-7,12-16H2,1H3. The van der Waals surface area contributed by atoms with Crippen molar-refractivity contribution in [1.82, 2.24) is 9.21 Å². The van der Waals surface area contributed by atoms with Gasteiger partial charge in [0.25, 0.3) is 0 Å². The number of ether oxygens (including phenoxy) is 1. The van der Waals surface area contributed by atoms with Crippen LogP contribution in [0.4, 0.5) is 0 Å². The number of sulfonamides is 1. The summed E-state index contributed by atoms with van der Waals surface area (Å²) in [6.45, 7) is 2.86. The van der Waals surface area contributed by atoms with E-state index in [0.717, 1.165) is 36.6 Å². The van der Waals surface area contributed by atoms with Gasteiger partial charge in [-0.3, -0.25) is 9.59 Å². The van der Waals surface area contributed by atoms with Crippen LogP contribution in [0.3, 0.4) is 0 Å². The van der Waals surface area contributed by atoms with Gasteiger partial charge in [0.2, 0.25) is 15.9 Å². The van der Waals surface area contributed by atoms with Crippen LogP contribution in [0.25, 0.3) is 0 Å². The molecule has 1 aromatic carbocycles. The Balaban J connectivity index is 1.72. The van der Waals surface area contributed by atoms with Gasteiger partial charge in [0.15, 0.2) is 0 Å². The minimum Gasteiger partial charge on any atom is -0.466 e. The van der Waals surface area contributed by atoms with Crippen LogP contribution in [-0.4, -0.2) is 61.8 Å². The van der Waals surface area contributed by atoms with Crippen molar-refractivity contribution >= 4 is 37.8 Å². The second-order valence-corrected chi connectivity index (χ2v) is 11.0. The molecule has 1 aliphatic heterocycles. The smallest absolute Gasteiger partial charge is 0.309 e. The van der Waals surface area contributed by atoms with Gasteiger partial charge in [-0.05, 0) is 56.9 Å². The van der Waals surface area contributed by atoms with E-state index in [1.807, 2.05) is 0 Å². The first-order valence-corrected chi connectivity index (χ1v) is 13.3. The van der Waals surface area contributed by atoms with Crippen molar-refractivity contribution in [3.63, 3.8) is 0 Å². The van der Waals surface area contributed by atoms with Crippen LogP contribution in [0.5, 0.6) is 0 Å². The first-order valence-electron chi connectivity index (χ1n) is 11.0. The van der Waals surface area contributed by atoms with Crippen molar-refractivity contribution in [2.45, 2.75) is 62.8 Å². The molecule has 0 atom stereocenters. The van der Waals surface area contributed by atoms with Crippen LogP contribution in [0.2, 0.25) is 0 Å². The molecule has 9 heteroatoms. The Morgan fingerprint density at radius 2 is 1.68 bits per heavy atom. The summed E-state index contributed by atoms with van der Waals surface area (Å²) in [5, 5.41) is 0. The zero-order chi connectivity index (χ0) is 22.4. The lowest BCUT2D eigenvalue weighted by Crippen LogP contribution is -2.50. The summed E-state index contributed by atoms with van der Waals surface area (Å²) >= 11 is 3.34. The molecule has 0 radical (unpaired) electrons. The first-order chi connectivity index (χ1) is 14.8. The maximum Gasteiger partial charge on any atom is 0.309 e. The molecule has 0 bridgehead atoms. The van der Waals surface area contributed by atoms with Crippen LogP contribution in [0, 0.1) is 5.92 Å². The number of nitrogens with zero attached hydrogens (tertiary/aromatic N) is 2. The van der Waals surface area contributed by atoms with Gasteiger partial charge in [-0.15, -0.1) is 0 Å². The Hall–Kier alpha value is -1.45. The molecule has 0 N–H and O–H groups in total. The van der Waals surface area contributed by atoms with Crippen molar-refractivity contribution in [1.29, 1.82) is 0 Å². The average Bonchev–Trinajstić information content (AvgIpc) is 2.78. The van der Waals surface area contributed by atoms with Crippen LogP contribution in [0.15, 0.2) is 33.6 Å². The van der Waals surface area contributed by atoms with E-state index in [2.05, 4.69) is 15.9 Å². The number of likely N-dealkylation sites (tertiary alicyclic amines) is 1. The largest absolute Gasteiger partial charge is 0.466 e. The number of amides is 1. The van der Waals surface area contributed by atoms with Crippen molar-refractivity contribution in [3.8, 4) is 0 Å². The van der Waals surface area contributed by atoms with E-state index in [0.29, 0.717) is 32.5 Å². The van der Waals surface area contributed by atoms with E-state index in [4.69, 9.17) is 4.74 Å². The summed E-state index contributed by atoms with van der Waals surface area (Å²) in [4.78, 5) is 26.9. The molecule has 0 unspecified atom stereocenters. The number of rotatable bonds is 7. The molecule has 7 nitrogen and oxygen atoms in total. The Morgan fingerprint density at radius 1 is 1.06 bits per heavy atom. The van der Waals surface area contributed by atoms with Gasteiger partial charge >= 0.3 is 5.97 Å². The number of esters is 1. The zero-order valence-corrected chi connectivity index (χ0v) is 20.4. The summed E-state index contributed by atoms with van der Waals surface area (Å²) in [7, 11) is -3.79. The van der Waals surface area contributed by atoms with Gasteiger partial charge in [0.1, 0.15) is 0 Å². The summed E-state index contributed by atoms with van der Waals surface area (Å²) in [5.74, 6) is -0.602. The fourth-order valence-electron chi connectivity index (χ4n) is 4.38. The lowest BCUT2D eigenvalue weighted by atomic mass is 9.95. The molecule has 1 amide bonds. The van der Waals surface area contributed by atoms with Crippen LogP contribution in [0.1, 0.15) is 51.9 Å². The second kappa shape index (κ2) is 10.9. The van der Waals surface area contributed by atoms with Gasteiger partial charge in [0, 0.05) is 23.6 Å². The molecule has 1 aliphatic carbocycles. The third-order valence-corrected chi connectivity index (χ3v) is 8.60. The van der Waals surface area contributed by atoms with E-state index in [9.17, 15) is 18.0 Å². The Kier molecular flexibility index (Phi) is 8.52. The number of carbonyl (C=O) groups excluding carboxylic acids is 2. The second-order valence-electron chi connectivity index (χ2n) is 8.20. The molecule has 0 spiro atoms. The number of halogens is 1. The SMILES string of the molecule is CCOC(=O)C1CCN(C(=O)CN(C2CCCCC2)S(=O)(=O)c2ccc(Br)cc2)CC1. The Bertz CT molecular complexity index is 860. The van der Waals surface area contributed by atoms with Crippen molar-refractivity contribution in [2.75, 3.05) is 26.2 Å². The maximum absolute atomic E-state index is 13.5. The molecule has 1 heterocycles. The lowest BCUT2D eigenvalue weighted by molar-refractivity contribution is -0.151. The molecule has 1 saturated heterocycles. The molecule has 2 aliphatic rings. The highest BCUT2D eigenvalue weighted by Crippen LogP contribution is 2.29. The highest BCUT2D eigenvalue weighted by Gasteiger charge is 2.36. The number of benzene rings is 1. The molecule has 2 fully saturated rings. The van der Waals surface area contributed by atoms with E-state index in [1.165, 1.54) is 4.31 Å². The number of piperidine rings is 1. The highest BCUT2D eigenvalue weighted by atomic mass is 79.9. The monoisotopic (exact) mass is 514 g/mol.